The van der Waals surface area contributed by atoms with Gasteiger partial charge in [-0.2, -0.15) is 39.5 Å². The van der Waals surface area contributed by atoms with Crippen molar-refractivity contribution in [3.63, 3.8) is 0 Å². The van der Waals surface area contributed by atoms with E-state index in [1.165, 1.54) is 18.2 Å². The third-order valence-corrected chi connectivity index (χ3v) is 7.63. The summed E-state index contributed by atoms with van der Waals surface area (Å²) in [5.74, 6) is -6.99. The third-order valence-electron chi connectivity index (χ3n) is 4.94. The summed E-state index contributed by atoms with van der Waals surface area (Å²) in [5.41, 5.74) is -3.08. The van der Waals surface area contributed by atoms with E-state index in [1.807, 2.05) is 5.32 Å². The van der Waals surface area contributed by atoms with Gasteiger partial charge in [0.15, 0.2) is 9.84 Å². The molecule has 0 bridgehead atoms. The Labute approximate surface area is 233 Å². The van der Waals surface area contributed by atoms with Crippen LogP contribution in [0.2, 0.25) is 0 Å². The molecule has 0 aromatic heterocycles. The van der Waals surface area contributed by atoms with Gasteiger partial charge in [0.1, 0.15) is 5.75 Å². The van der Waals surface area contributed by atoms with Crippen LogP contribution in [-0.4, -0.2) is 44.2 Å². The van der Waals surface area contributed by atoms with E-state index in [2.05, 4.69) is 31.9 Å². The summed E-state index contributed by atoms with van der Waals surface area (Å²) in [6.07, 6.45) is -13.5. The molecular formula is C23H18Br2F9NO3S. The lowest BCUT2D eigenvalue weighted by atomic mass is 9.96. The topological polar surface area (TPSA) is 63.2 Å². The number of hydrogen-bond acceptors (Lipinski definition) is 3. The zero-order valence-electron chi connectivity index (χ0n) is 19.5. The molecule has 0 aliphatic rings. The largest absolute Gasteiger partial charge is 0.417 e. The van der Waals surface area contributed by atoms with Crippen LogP contribution in [0, 0.1) is 0 Å². The zero-order valence-corrected chi connectivity index (χ0v) is 23.5. The fraction of sp³-hybridized carbons (Fsp3) is 0.348. The van der Waals surface area contributed by atoms with Gasteiger partial charge in [-0.3, -0.25) is 4.79 Å². The monoisotopic (exact) mass is 717 g/mol. The van der Waals surface area contributed by atoms with Crippen LogP contribution in [0.25, 0.3) is 6.08 Å². The number of rotatable bonds is 8. The van der Waals surface area contributed by atoms with E-state index in [1.54, 1.807) is 0 Å². The molecule has 0 aliphatic carbocycles. The second-order valence-corrected chi connectivity index (χ2v) is 12.4. The number of carbonyl (C=O) groups is 1. The zero-order chi connectivity index (χ0) is 30.0. The summed E-state index contributed by atoms with van der Waals surface area (Å²) >= 11 is 6.15. The van der Waals surface area contributed by atoms with Gasteiger partial charge in [-0.05, 0) is 48.4 Å². The highest BCUT2D eigenvalue weighted by Gasteiger charge is 2.40. The van der Waals surface area contributed by atoms with Gasteiger partial charge in [-0.15, -0.1) is 0 Å². The van der Waals surface area contributed by atoms with Crippen LogP contribution in [0.5, 0.6) is 0 Å². The van der Waals surface area contributed by atoms with Gasteiger partial charge in [0.25, 0.3) is 5.91 Å². The molecule has 2 rings (SSSR count). The molecule has 16 heteroatoms. The van der Waals surface area contributed by atoms with Crippen LogP contribution < -0.4 is 5.32 Å². The first-order valence-electron chi connectivity index (χ1n) is 10.6. The predicted molar refractivity (Wildman–Crippen MR) is 133 cm³/mol. The van der Waals surface area contributed by atoms with E-state index in [0.717, 1.165) is 19.1 Å². The van der Waals surface area contributed by atoms with Crippen LogP contribution in [-0.2, 0) is 16.0 Å². The van der Waals surface area contributed by atoms with Crippen LogP contribution in [0.3, 0.4) is 0 Å². The molecule has 0 aliphatic heterocycles. The van der Waals surface area contributed by atoms with Crippen LogP contribution >= 0.6 is 31.9 Å². The Morgan fingerprint density at radius 1 is 0.949 bits per heavy atom. The average Bonchev–Trinajstić information content (AvgIpc) is 2.69. The summed E-state index contributed by atoms with van der Waals surface area (Å²) in [7, 11) is -4.74. The van der Waals surface area contributed by atoms with Gasteiger partial charge in [0.2, 0.25) is 0 Å². The number of allylic oxidation sites excluding steroid dienone is 1. The van der Waals surface area contributed by atoms with E-state index < -0.39 is 68.9 Å². The minimum absolute atomic E-state index is 0.207. The molecule has 0 heterocycles. The first-order valence-corrected chi connectivity index (χ1v) is 14.0. The Morgan fingerprint density at radius 2 is 1.51 bits per heavy atom. The Kier molecular flexibility index (Phi) is 10.4. The lowest BCUT2D eigenvalue weighted by Crippen LogP contribution is -2.40. The van der Waals surface area contributed by atoms with Crippen LogP contribution in [0.4, 0.5) is 39.5 Å². The number of nitrogens with one attached hydrogen (secondary N) is 1. The van der Waals surface area contributed by atoms with Crippen molar-refractivity contribution in [1.82, 2.24) is 5.32 Å². The van der Waals surface area contributed by atoms with Crippen molar-refractivity contribution in [2.24, 2.45) is 0 Å². The summed E-state index contributed by atoms with van der Waals surface area (Å²) < 4.78 is 143. The summed E-state index contributed by atoms with van der Waals surface area (Å²) in [6, 6.07) is 4.44. The normalized spacial score (nSPS) is 14.9. The molecule has 216 valence electrons. The number of amides is 1. The Hall–Kier alpha value is -2.07. The summed E-state index contributed by atoms with van der Waals surface area (Å²) in [6.45, 7) is 0.994. The second kappa shape index (κ2) is 12.2. The maximum Gasteiger partial charge on any atom is 0.417 e. The van der Waals surface area contributed by atoms with Gasteiger partial charge < -0.3 is 5.32 Å². The summed E-state index contributed by atoms with van der Waals surface area (Å²) in [5, 5.41) is 1.91. The Bertz CT molecular complexity index is 1320. The molecule has 0 saturated heterocycles. The van der Waals surface area contributed by atoms with Crippen molar-refractivity contribution in [3.8, 4) is 0 Å². The molecular weight excluding hydrogens is 701 g/mol. The highest BCUT2D eigenvalue weighted by Crippen LogP contribution is 2.39. The number of benzene rings is 2. The lowest BCUT2D eigenvalue weighted by molar-refractivity contribution is -0.139. The van der Waals surface area contributed by atoms with E-state index in [-0.39, 0.29) is 11.1 Å². The number of halogens is 11. The van der Waals surface area contributed by atoms with Crippen molar-refractivity contribution in [2.45, 2.75) is 37.4 Å². The van der Waals surface area contributed by atoms with Gasteiger partial charge in [0.05, 0.1) is 22.8 Å². The van der Waals surface area contributed by atoms with Crippen molar-refractivity contribution in [3.05, 3.63) is 73.7 Å². The third kappa shape index (κ3) is 10.4. The van der Waals surface area contributed by atoms with E-state index in [4.69, 9.17) is 0 Å². The Balaban J connectivity index is 2.36. The molecule has 1 amide bonds. The van der Waals surface area contributed by atoms with Gasteiger partial charge in [0, 0.05) is 15.0 Å². The minimum Gasteiger partial charge on any atom is -0.349 e. The first kappa shape index (κ1) is 33.1. The maximum absolute atomic E-state index is 13.7. The fourth-order valence-electron chi connectivity index (χ4n) is 3.50. The molecule has 1 N–H and O–H groups in total. The Morgan fingerprint density at radius 3 is 2.00 bits per heavy atom. The van der Waals surface area contributed by atoms with Crippen LogP contribution in [0.1, 0.15) is 39.9 Å². The quantitative estimate of drug-likeness (QED) is 0.285. The van der Waals surface area contributed by atoms with Crippen molar-refractivity contribution in [2.75, 3.05) is 11.5 Å². The number of sulfone groups is 1. The van der Waals surface area contributed by atoms with E-state index in [0.29, 0.717) is 27.2 Å². The highest BCUT2D eigenvalue weighted by atomic mass is 79.9. The molecule has 39 heavy (non-hydrogen) atoms. The molecule has 0 radical (unpaired) electrons. The van der Waals surface area contributed by atoms with Crippen molar-refractivity contribution < 1.29 is 52.7 Å². The smallest absolute Gasteiger partial charge is 0.349 e. The number of hydrogen-bond donors (Lipinski definition) is 1. The van der Waals surface area contributed by atoms with Gasteiger partial charge in [-0.1, -0.05) is 50.1 Å². The molecule has 0 spiro atoms. The highest BCUT2D eigenvalue weighted by molar-refractivity contribution is 9.11. The average molecular weight is 719 g/mol. The van der Waals surface area contributed by atoms with Crippen molar-refractivity contribution >= 4 is 53.7 Å². The predicted octanol–water partition coefficient (Wildman–Crippen LogP) is 7.69. The number of carbonyl (C=O) groups excluding carboxylic acids is 1. The number of alkyl halides is 9. The molecule has 2 atom stereocenters. The van der Waals surface area contributed by atoms with Crippen molar-refractivity contribution in [1.29, 1.82) is 0 Å². The molecule has 2 aromatic rings. The lowest BCUT2D eigenvalue weighted by Gasteiger charge is -2.19. The summed E-state index contributed by atoms with van der Waals surface area (Å²) in [4.78, 5) is 12.4. The second-order valence-electron chi connectivity index (χ2n) is 8.43. The maximum atomic E-state index is 13.7. The van der Waals surface area contributed by atoms with E-state index >= 15 is 0 Å². The minimum atomic E-state index is -5.15. The molecule has 0 fully saturated rings. The standard InChI is InChI=1S/C23H18Br2F9NO3S/c1-12(10-39(37,38)11-21(26,27)28)35-20(36)17-4-2-13(6-19(17)23(32,33)34)3-5-18(22(29,30)31)14-7-15(24)9-16(25)8-14/h2-9,12,18H,10-11H2,1H3,(H,35,36)/b5-3+/t12-,18?/m1/s1. The molecule has 2 aromatic carbocycles. The SMILES string of the molecule is C[C@H](CS(=O)(=O)CC(F)(F)F)NC(=O)c1ccc(/C=C/C(c2cc(Br)cc(Br)c2)C(F)(F)F)cc1C(F)(F)F. The van der Waals surface area contributed by atoms with Crippen LogP contribution in [0.15, 0.2) is 51.4 Å². The first-order chi connectivity index (χ1) is 17.6. The van der Waals surface area contributed by atoms with Gasteiger partial charge >= 0.3 is 18.5 Å². The molecule has 0 saturated carbocycles. The fourth-order valence-corrected chi connectivity index (χ4v) is 6.29. The molecule has 4 nitrogen and oxygen atoms in total. The van der Waals surface area contributed by atoms with E-state index in [9.17, 15) is 52.7 Å². The molecule has 1 unspecified atom stereocenters. The van der Waals surface area contributed by atoms with Gasteiger partial charge in [-0.25, -0.2) is 8.42 Å².